The van der Waals surface area contributed by atoms with Crippen LogP contribution in [0.4, 0.5) is 0 Å². The Kier molecular flexibility index (Phi) is 6.49. The molecule has 3 unspecified atom stereocenters. The Morgan fingerprint density at radius 3 is 2.62 bits per heavy atom. The van der Waals surface area contributed by atoms with Crippen LogP contribution in [0.15, 0.2) is 0 Å². The highest BCUT2D eigenvalue weighted by molar-refractivity contribution is 5.79. The zero-order valence-corrected chi connectivity index (χ0v) is 13.9. The van der Waals surface area contributed by atoms with Gasteiger partial charge >= 0.3 is 0 Å². The summed E-state index contributed by atoms with van der Waals surface area (Å²) >= 11 is 0. The molecule has 122 valence electrons. The van der Waals surface area contributed by atoms with Gasteiger partial charge in [0.1, 0.15) is 0 Å². The molecule has 21 heavy (non-hydrogen) atoms. The van der Waals surface area contributed by atoms with E-state index in [4.69, 9.17) is 5.73 Å². The number of nitrogens with two attached hydrogens (primary N) is 1. The topological polar surface area (TPSA) is 49.6 Å². The number of nitrogens with zero attached hydrogens (tertiary/aromatic N) is 2. The van der Waals surface area contributed by atoms with Crippen LogP contribution >= 0.6 is 0 Å². The normalized spacial score (nSPS) is 29.4. The fourth-order valence-corrected chi connectivity index (χ4v) is 4.11. The maximum atomic E-state index is 12.7. The lowest BCUT2D eigenvalue weighted by atomic mass is 9.96. The van der Waals surface area contributed by atoms with Crippen molar-refractivity contribution in [2.45, 2.75) is 58.4 Å². The Morgan fingerprint density at radius 1 is 1.19 bits per heavy atom. The number of carbonyl (C=O) groups is 1. The molecule has 4 heteroatoms. The zero-order chi connectivity index (χ0) is 15.2. The third-order valence-corrected chi connectivity index (χ3v) is 5.51. The highest BCUT2D eigenvalue weighted by Crippen LogP contribution is 2.32. The first-order valence-electron chi connectivity index (χ1n) is 8.90. The van der Waals surface area contributed by atoms with Crippen molar-refractivity contribution < 1.29 is 4.79 Å². The van der Waals surface area contributed by atoms with Crippen LogP contribution in [-0.2, 0) is 4.79 Å². The summed E-state index contributed by atoms with van der Waals surface area (Å²) in [4.78, 5) is 17.4. The SMILES string of the molecule is CCC(CCN)N1CCCN(C(=O)C2CCCC2C)CC1. The number of carbonyl (C=O) groups excluding carboxylic acids is 1. The fraction of sp³-hybridized carbons (Fsp3) is 0.941. The maximum Gasteiger partial charge on any atom is 0.225 e. The summed E-state index contributed by atoms with van der Waals surface area (Å²) < 4.78 is 0. The third kappa shape index (κ3) is 4.19. The van der Waals surface area contributed by atoms with Gasteiger partial charge < -0.3 is 10.6 Å². The molecule has 1 aliphatic heterocycles. The van der Waals surface area contributed by atoms with Gasteiger partial charge in [-0.3, -0.25) is 9.69 Å². The highest BCUT2D eigenvalue weighted by atomic mass is 16.2. The maximum absolute atomic E-state index is 12.7. The van der Waals surface area contributed by atoms with Gasteiger partial charge in [0.2, 0.25) is 5.91 Å². The van der Waals surface area contributed by atoms with E-state index in [0.29, 0.717) is 23.8 Å². The molecule has 0 aromatic rings. The molecule has 0 aromatic heterocycles. The Morgan fingerprint density at radius 2 is 2.00 bits per heavy atom. The van der Waals surface area contributed by atoms with Gasteiger partial charge in [0.05, 0.1) is 0 Å². The van der Waals surface area contributed by atoms with Gasteiger partial charge in [0, 0.05) is 38.1 Å². The fourth-order valence-electron chi connectivity index (χ4n) is 4.11. The van der Waals surface area contributed by atoms with E-state index >= 15 is 0 Å². The van der Waals surface area contributed by atoms with Crippen molar-refractivity contribution in [2.24, 2.45) is 17.6 Å². The predicted octanol–water partition coefficient (Wildman–Crippen LogP) is 2.08. The lowest BCUT2D eigenvalue weighted by molar-refractivity contribution is -0.136. The summed E-state index contributed by atoms with van der Waals surface area (Å²) in [6.45, 7) is 9.23. The van der Waals surface area contributed by atoms with Gasteiger partial charge in [-0.15, -0.1) is 0 Å². The van der Waals surface area contributed by atoms with Crippen LogP contribution in [0.3, 0.4) is 0 Å². The minimum Gasteiger partial charge on any atom is -0.341 e. The van der Waals surface area contributed by atoms with Gasteiger partial charge in [-0.1, -0.05) is 20.3 Å². The lowest BCUT2D eigenvalue weighted by Gasteiger charge is -2.30. The second kappa shape index (κ2) is 8.14. The quantitative estimate of drug-likeness (QED) is 0.845. The Hall–Kier alpha value is -0.610. The van der Waals surface area contributed by atoms with Gasteiger partial charge in [-0.05, 0) is 44.6 Å². The molecule has 0 bridgehead atoms. The van der Waals surface area contributed by atoms with Crippen LogP contribution in [0.25, 0.3) is 0 Å². The standard InChI is InChI=1S/C17H33N3O/c1-3-15(8-9-18)19-10-5-11-20(13-12-19)17(21)16-7-4-6-14(16)2/h14-16H,3-13,18H2,1-2H3. The number of hydrogen-bond acceptors (Lipinski definition) is 3. The predicted molar refractivity (Wildman–Crippen MR) is 87.0 cm³/mol. The van der Waals surface area contributed by atoms with E-state index in [0.717, 1.165) is 58.4 Å². The van der Waals surface area contributed by atoms with E-state index in [9.17, 15) is 4.79 Å². The molecule has 1 amide bonds. The average Bonchev–Trinajstić information content (AvgIpc) is 2.76. The Bertz CT molecular complexity index is 334. The summed E-state index contributed by atoms with van der Waals surface area (Å²) in [7, 11) is 0. The molecule has 1 aliphatic carbocycles. The molecule has 4 nitrogen and oxygen atoms in total. The summed E-state index contributed by atoms with van der Waals surface area (Å²) in [6, 6.07) is 0.593. The number of amides is 1. The van der Waals surface area contributed by atoms with Crippen molar-refractivity contribution in [3.63, 3.8) is 0 Å². The second-order valence-electron chi connectivity index (χ2n) is 6.87. The van der Waals surface area contributed by atoms with Crippen molar-refractivity contribution in [1.82, 2.24) is 9.80 Å². The second-order valence-corrected chi connectivity index (χ2v) is 6.87. The smallest absolute Gasteiger partial charge is 0.225 e. The van der Waals surface area contributed by atoms with Gasteiger partial charge in [0.25, 0.3) is 0 Å². The molecular weight excluding hydrogens is 262 g/mol. The molecule has 0 radical (unpaired) electrons. The number of hydrogen-bond donors (Lipinski definition) is 1. The third-order valence-electron chi connectivity index (χ3n) is 5.51. The molecule has 1 saturated carbocycles. The summed E-state index contributed by atoms with van der Waals surface area (Å²) in [5.41, 5.74) is 5.73. The molecule has 1 heterocycles. The van der Waals surface area contributed by atoms with Crippen molar-refractivity contribution in [2.75, 3.05) is 32.7 Å². The molecule has 2 N–H and O–H groups in total. The number of rotatable bonds is 5. The van der Waals surface area contributed by atoms with Crippen molar-refractivity contribution in [1.29, 1.82) is 0 Å². The minimum atomic E-state index is 0.294. The molecule has 1 saturated heterocycles. The minimum absolute atomic E-state index is 0.294. The summed E-state index contributed by atoms with van der Waals surface area (Å²) in [6.07, 6.45) is 6.89. The van der Waals surface area contributed by atoms with Crippen LogP contribution in [-0.4, -0.2) is 54.5 Å². The molecule has 0 spiro atoms. The largest absolute Gasteiger partial charge is 0.341 e. The first-order chi connectivity index (χ1) is 10.2. The molecule has 2 fully saturated rings. The average molecular weight is 295 g/mol. The molecule has 2 rings (SSSR count). The summed E-state index contributed by atoms with van der Waals surface area (Å²) in [5.74, 6) is 1.30. The van der Waals surface area contributed by atoms with Crippen molar-refractivity contribution in [3.8, 4) is 0 Å². The van der Waals surface area contributed by atoms with E-state index < -0.39 is 0 Å². The Balaban J connectivity index is 1.89. The van der Waals surface area contributed by atoms with Crippen LogP contribution in [0.1, 0.15) is 52.4 Å². The molecule has 3 atom stereocenters. The van der Waals surface area contributed by atoms with Gasteiger partial charge in [-0.2, -0.15) is 0 Å². The molecule has 0 aromatic carbocycles. The van der Waals surface area contributed by atoms with Crippen LogP contribution in [0.5, 0.6) is 0 Å². The van der Waals surface area contributed by atoms with E-state index in [1.807, 2.05) is 0 Å². The van der Waals surface area contributed by atoms with E-state index in [-0.39, 0.29) is 0 Å². The van der Waals surface area contributed by atoms with Gasteiger partial charge in [-0.25, -0.2) is 0 Å². The highest BCUT2D eigenvalue weighted by Gasteiger charge is 2.33. The van der Waals surface area contributed by atoms with Crippen LogP contribution < -0.4 is 5.73 Å². The molecule has 2 aliphatic rings. The van der Waals surface area contributed by atoms with Gasteiger partial charge in [0.15, 0.2) is 0 Å². The monoisotopic (exact) mass is 295 g/mol. The zero-order valence-electron chi connectivity index (χ0n) is 13.9. The van der Waals surface area contributed by atoms with E-state index in [1.165, 1.54) is 12.8 Å². The summed E-state index contributed by atoms with van der Waals surface area (Å²) in [5, 5.41) is 0. The van der Waals surface area contributed by atoms with E-state index in [2.05, 4.69) is 23.6 Å². The van der Waals surface area contributed by atoms with Crippen LogP contribution in [0, 0.1) is 11.8 Å². The molecular formula is C17H33N3O. The lowest BCUT2D eigenvalue weighted by Crippen LogP contribution is -2.42. The van der Waals surface area contributed by atoms with Crippen LogP contribution in [0.2, 0.25) is 0 Å². The Labute approximate surface area is 130 Å². The first-order valence-corrected chi connectivity index (χ1v) is 8.90. The van der Waals surface area contributed by atoms with Crippen molar-refractivity contribution in [3.05, 3.63) is 0 Å². The van der Waals surface area contributed by atoms with E-state index in [1.54, 1.807) is 0 Å². The first kappa shape index (κ1) is 16.8. The van der Waals surface area contributed by atoms with Crippen molar-refractivity contribution >= 4 is 5.91 Å².